The Balaban J connectivity index is 1.58. The van der Waals surface area contributed by atoms with Crippen molar-refractivity contribution in [1.29, 1.82) is 0 Å². The number of hydrogen-bond acceptors (Lipinski definition) is 5. The van der Waals surface area contributed by atoms with E-state index in [-0.39, 0.29) is 23.4 Å². The summed E-state index contributed by atoms with van der Waals surface area (Å²) in [6.45, 7) is 8.12. The lowest BCUT2D eigenvalue weighted by Gasteiger charge is -2.32. The molecule has 0 atom stereocenters. The largest absolute Gasteiger partial charge is 0.494 e. The van der Waals surface area contributed by atoms with Gasteiger partial charge in [0.15, 0.2) is 5.78 Å². The fourth-order valence-corrected chi connectivity index (χ4v) is 3.10. The first-order chi connectivity index (χ1) is 12.7. The Morgan fingerprint density at radius 3 is 2.52 bits per heavy atom. The molecule has 0 amide bonds. The van der Waals surface area contributed by atoms with Gasteiger partial charge in [-0.05, 0) is 45.3 Å². The number of nitrogens with one attached hydrogen (secondary N) is 1. The topological polar surface area (TPSA) is 77.1 Å². The van der Waals surface area contributed by atoms with Crippen molar-refractivity contribution in [3.05, 3.63) is 54.2 Å². The predicted molar refractivity (Wildman–Crippen MR) is 104 cm³/mol. The molecule has 1 aromatic carbocycles. The van der Waals surface area contributed by atoms with Crippen LogP contribution in [0.4, 0.5) is 0 Å². The first kappa shape index (κ1) is 17.9. The fraction of sp³-hybridized carbons (Fsp3) is 0.350. The molecule has 3 aromatic rings. The molecule has 0 unspecified atom stereocenters. The molecule has 138 valence electrons. The second-order valence-corrected chi connectivity index (χ2v) is 7.91. The summed E-state index contributed by atoms with van der Waals surface area (Å²) in [5.41, 5.74) is 2.24. The van der Waals surface area contributed by atoms with Crippen LogP contribution in [0.3, 0.4) is 0 Å². The smallest absolute Gasteiger partial charge is 0.399 e. The van der Waals surface area contributed by atoms with Crippen LogP contribution in [0.15, 0.2) is 42.9 Å². The summed E-state index contributed by atoms with van der Waals surface area (Å²) in [5.74, 6) is -0.0242. The van der Waals surface area contributed by atoms with Gasteiger partial charge < -0.3 is 14.3 Å². The van der Waals surface area contributed by atoms with E-state index in [4.69, 9.17) is 9.31 Å². The second-order valence-electron chi connectivity index (χ2n) is 7.91. The maximum absolute atomic E-state index is 12.5. The number of fused-ring (bicyclic) bond motifs is 1. The van der Waals surface area contributed by atoms with Crippen molar-refractivity contribution >= 4 is 29.3 Å². The minimum Gasteiger partial charge on any atom is -0.399 e. The molecule has 7 heteroatoms. The third kappa shape index (κ3) is 3.28. The molecule has 1 aliphatic rings. The Hall–Kier alpha value is -2.51. The van der Waals surface area contributed by atoms with Gasteiger partial charge in [-0.1, -0.05) is 12.1 Å². The lowest BCUT2D eigenvalue weighted by atomic mass is 9.79. The van der Waals surface area contributed by atoms with Crippen LogP contribution in [0.1, 0.15) is 43.9 Å². The summed E-state index contributed by atoms with van der Waals surface area (Å²) in [7, 11) is -0.429. The summed E-state index contributed by atoms with van der Waals surface area (Å²) in [6.07, 6.45) is 5.00. The molecule has 0 bridgehead atoms. The second kappa shape index (κ2) is 6.28. The zero-order valence-electron chi connectivity index (χ0n) is 15.9. The quantitative estimate of drug-likeness (QED) is 0.570. The normalized spacial score (nSPS) is 18.1. The molecule has 27 heavy (non-hydrogen) atoms. The van der Waals surface area contributed by atoms with Crippen molar-refractivity contribution in [3.8, 4) is 0 Å². The minimum absolute atomic E-state index is 0.0242. The van der Waals surface area contributed by atoms with Gasteiger partial charge in [0, 0.05) is 29.5 Å². The molecule has 6 nitrogen and oxygen atoms in total. The molecule has 1 saturated heterocycles. The Kier molecular flexibility index (Phi) is 4.16. The molecule has 0 aliphatic carbocycles. The number of rotatable bonds is 4. The van der Waals surface area contributed by atoms with Crippen LogP contribution < -0.4 is 5.46 Å². The van der Waals surface area contributed by atoms with Gasteiger partial charge in [0.05, 0.1) is 29.0 Å². The molecule has 0 spiro atoms. The van der Waals surface area contributed by atoms with Crippen LogP contribution in [0.25, 0.3) is 10.9 Å². The lowest BCUT2D eigenvalue weighted by molar-refractivity contribution is 0.00578. The van der Waals surface area contributed by atoms with E-state index in [1.165, 1.54) is 0 Å². The summed E-state index contributed by atoms with van der Waals surface area (Å²) in [5, 5.41) is 0.970. The van der Waals surface area contributed by atoms with Crippen LogP contribution in [0, 0.1) is 0 Å². The van der Waals surface area contributed by atoms with E-state index in [0.29, 0.717) is 11.4 Å². The average molecular weight is 363 g/mol. The summed E-state index contributed by atoms with van der Waals surface area (Å²) in [6, 6.07) is 7.80. The number of nitrogens with zero attached hydrogens (tertiary/aromatic N) is 2. The molecule has 0 saturated carbocycles. The van der Waals surface area contributed by atoms with Crippen LogP contribution in [0.2, 0.25) is 0 Å². The molecule has 2 aromatic heterocycles. The third-order valence-electron chi connectivity index (χ3n) is 5.43. The summed E-state index contributed by atoms with van der Waals surface area (Å²) in [4.78, 5) is 23.9. The highest BCUT2D eigenvalue weighted by atomic mass is 16.7. The van der Waals surface area contributed by atoms with Gasteiger partial charge in [-0.15, -0.1) is 0 Å². The number of carbonyl (C=O) groups excluding carboxylic acids is 1. The fourth-order valence-electron chi connectivity index (χ4n) is 3.10. The Morgan fingerprint density at radius 2 is 1.85 bits per heavy atom. The molecule has 1 aliphatic heterocycles. The number of hydrogen-bond donors (Lipinski definition) is 1. The SMILES string of the molecule is CC1(C)OB(c2ccc3cc(C(=O)Cc4cnccn4)[nH]c3c2)OC1(C)C. The van der Waals surface area contributed by atoms with Gasteiger partial charge in [0.25, 0.3) is 0 Å². The lowest BCUT2D eigenvalue weighted by Crippen LogP contribution is -2.41. The number of benzene rings is 1. The van der Waals surface area contributed by atoms with Gasteiger partial charge in [-0.3, -0.25) is 14.8 Å². The van der Waals surface area contributed by atoms with Gasteiger partial charge >= 0.3 is 7.12 Å². The zero-order chi connectivity index (χ0) is 19.2. The standard InChI is InChI=1S/C20H22BN3O3/c1-19(2)20(3,4)27-21(26-19)14-6-5-13-9-17(24-16(13)10-14)18(25)11-15-12-22-7-8-23-15/h5-10,12,24H,11H2,1-4H3. The van der Waals surface area contributed by atoms with Crippen LogP contribution in [0.5, 0.6) is 0 Å². The van der Waals surface area contributed by atoms with E-state index in [1.54, 1.807) is 18.6 Å². The average Bonchev–Trinajstić information content (AvgIpc) is 3.13. The highest BCUT2D eigenvalue weighted by Crippen LogP contribution is 2.36. The first-order valence-corrected chi connectivity index (χ1v) is 9.02. The van der Waals surface area contributed by atoms with E-state index >= 15 is 0 Å². The Bertz CT molecular complexity index is 982. The molecular weight excluding hydrogens is 341 g/mol. The number of aromatic amines is 1. The van der Waals surface area contributed by atoms with Crippen molar-refractivity contribution in [2.75, 3.05) is 0 Å². The third-order valence-corrected chi connectivity index (χ3v) is 5.43. The molecule has 0 radical (unpaired) electrons. The number of carbonyl (C=O) groups is 1. The number of Topliss-reactive ketones (excluding diaryl/α,β-unsaturated/α-hetero) is 1. The minimum atomic E-state index is -0.429. The van der Waals surface area contributed by atoms with Gasteiger partial charge in [0.2, 0.25) is 0 Å². The molecule has 1 fully saturated rings. The van der Waals surface area contributed by atoms with Crippen molar-refractivity contribution in [2.24, 2.45) is 0 Å². The molecular formula is C20H22BN3O3. The van der Waals surface area contributed by atoms with Gasteiger partial charge in [-0.25, -0.2) is 0 Å². The van der Waals surface area contributed by atoms with Crippen LogP contribution >= 0.6 is 0 Å². The van der Waals surface area contributed by atoms with E-state index in [9.17, 15) is 4.79 Å². The number of ketones is 1. The monoisotopic (exact) mass is 363 g/mol. The highest BCUT2D eigenvalue weighted by molar-refractivity contribution is 6.62. The maximum atomic E-state index is 12.5. The zero-order valence-corrected chi connectivity index (χ0v) is 15.9. The van der Waals surface area contributed by atoms with Crippen LogP contribution in [-0.4, -0.2) is 39.1 Å². The van der Waals surface area contributed by atoms with Crippen molar-refractivity contribution < 1.29 is 14.1 Å². The van der Waals surface area contributed by atoms with Gasteiger partial charge in [-0.2, -0.15) is 0 Å². The predicted octanol–water partition coefficient (Wildman–Crippen LogP) is 2.68. The van der Waals surface area contributed by atoms with E-state index in [0.717, 1.165) is 16.4 Å². The number of aromatic nitrogens is 3. The molecule has 1 N–H and O–H groups in total. The van der Waals surface area contributed by atoms with Crippen molar-refractivity contribution in [3.63, 3.8) is 0 Å². The summed E-state index contributed by atoms with van der Waals surface area (Å²) >= 11 is 0. The van der Waals surface area contributed by atoms with Crippen LogP contribution in [-0.2, 0) is 15.7 Å². The van der Waals surface area contributed by atoms with Gasteiger partial charge in [0.1, 0.15) is 0 Å². The van der Waals surface area contributed by atoms with E-state index in [2.05, 4.69) is 15.0 Å². The first-order valence-electron chi connectivity index (χ1n) is 9.02. The van der Waals surface area contributed by atoms with Crippen molar-refractivity contribution in [1.82, 2.24) is 15.0 Å². The van der Waals surface area contributed by atoms with Crippen molar-refractivity contribution in [2.45, 2.75) is 45.3 Å². The highest BCUT2D eigenvalue weighted by Gasteiger charge is 2.51. The van der Waals surface area contributed by atoms with E-state index in [1.807, 2.05) is 52.0 Å². The number of H-pyrrole nitrogens is 1. The molecule has 4 rings (SSSR count). The summed E-state index contributed by atoms with van der Waals surface area (Å²) < 4.78 is 12.2. The van der Waals surface area contributed by atoms with E-state index < -0.39 is 7.12 Å². The molecule has 3 heterocycles. The Labute approximate surface area is 158 Å². The maximum Gasteiger partial charge on any atom is 0.494 e. The Morgan fingerprint density at radius 1 is 1.11 bits per heavy atom.